The minimum atomic E-state index is -0.0836. The molecular formula is C19H30IN3O3. The monoisotopic (exact) mass is 475 g/mol. The first-order valence-electron chi connectivity index (χ1n) is 9.42. The Balaban J connectivity index is 0.00000243. The largest absolute Gasteiger partial charge is 0.469 e. The molecule has 1 saturated carbocycles. The molecule has 0 aromatic carbocycles. The summed E-state index contributed by atoms with van der Waals surface area (Å²) in [6, 6.07) is 4.43. The predicted molar refractivity (Wildman–Crippen MR) is 112 cm³/mol. The molecular weight excluding hydrogens is 445 g/mol. The van der Waals surface area contributed by atoms with E-state index in [-0.39, 0.29) is 35.9 Å². The summed E-state index contributed by atoms with van der Waals surface area (Å²) in [4.78, 5) is 18.9. The van der Waals surface area contributed by atoms with Crippen molar-refractivity contribution in [2.24, 2.45) is 10.9 Å². The molecule has 2 heterocycles. The lowest BCUT2D eigenvalue weighted by molar-refractivity contribution is -0.146. The van der Waals surface area contributed by atoms with E-state index in [0.29, 0.717) is 12.6 Å². The summed E-state index contributed by atoms with van der Waals surface area (Å²) in [6.45, 7) is 2.40. The zero-order valence-corrected chi connectivity index (χ0v) is 17.8. The van der Waals surface area contributed by atoms with Gasteiger partial charge in [-0.3, -0.25) is 9.79 Å². The number of ether oxygens (including phenoxy) is 1. The number of methoxy groups -OCH3 is 1. The van der Waals surface area contributed by atoms with Crippen LogP contribution >= 0.6 is 24.0 Å². The predicted octanol–water partition coefficient (Wildman–Crippen LogP) is 3.21. The number of halogens is 1. The van der Waals surface area contributed by atoms with E-state index in [0.717, 1.165) is 44.1 Å². The normalized spacial score (nSPS) is 19.3. The number of guanidine groups is 1. The standard InChI is InChI=1S/C19H29N3O3.HI/c1-24-18(23)15-9-12-22(13-10-15)19(21-16-5-2-3-6-16)20-11-8-17-7-4-14-25-17;/h4,7,14-16H,2-3,5-6,8-13H2,1H3,(H,20,21);1H. The number of hydrogen-bond donors (Lipinski definition) is 1. The molecule has 7 heteroatoms. The molecule has 0 spiro atoms. The third kappa shape index (κ3) is 5.89. The Morgan fingerprint density at radius 3 is 2.65 bits per heavy atom. The van der Waals surface area contributed by atoms with Gasteiger partial charge in [-0.25, -0.2) is 0 Å². The van der Waals surface area contributed by atoms with E-state index in [4.69, 9.17) is 14.1 Å². The maximum absolute atomic E-state index is 11.7. The first-order valence-corrected chi connectivity index (χ1v) is 9.42. The number of furan rings is 1. The van der Waals surface area contributed by atoms with E-state index in [1.807, 2.05) is 12.1 Å². The minimum Gasteiger partial charge on any atom is -0.469 e. The number of likely N-dealkylation sites (tertiary alicyclic amines) is 1. The molecule has 1 aromatic heterocycles. The lowest BCUT2D eigenvalue weighted by Crippen LogP contribution is -2.49. The Morgan fingerprint density at radius 2 is 2.04 bits per heavy atom. The van der Waals surface area contributed by atoms with Crippen LogP contribution in [0.4, 0.5) is 0 Å². The van der Waals surface area contributed by atoms with Crippen LogP contribution in [-0.2, 0) is 16.0 Å². The molecule has 2 fully saturated rings. The summed E-state index contributed by atoms with van der Waals surface area (Å²) in [7, 11) is 1.47. The van der Waals surface area contributed by atoms with Crippen LogP contribution in [0.1, 0.15) is 44.3 Å². The molecule has 1 aliphatic heterocycles. The lowest BCUT2D eigenvalue weighted by Gasteiger charge is -2.34. The van der Waals surface area contributed by atoms with Gasteiger partial charge in [0.25, 0.3) is 0 Å². The summed E-state index contributed by atoms with van der Waals surface area (Å²) < 4.78 is 10.3. The molecule has 146 valence electrons. The number of aliphatic imine (C=N–C) groups is 1. The molecule has 1 N–H and O–H groups in total. The van der Waals surface area contributed by atoms with Crippen molar-refractivity contribution in [3.8, 4) is 0 Å². The minimum absolute atomic E-state index is 0. The number of esters is 1. The van der Waals surface area contributed by atoms with Crippen molar-refractivity contribution >= 4 is 35.9 Å². The molecule has 2 aliphatic rings. The Kier molecular flexibility index (Phi) is 8.74. The Bertz CT molecular complexity index is 563. The molecule has 0 unspecified atom stereocenters. The summed E-state index contributed by atoms with van der Waals surface area (Å²) in [5, 5.41) is 3.65. The van der Waals surface area contributed by atoms with Crippen LogP contribution in [-0.4, -0.2) is 49.6 Å². The van der Waals surface area contributed by atoms with Crippen LogP contribution in [0, 0.1) is 5.92 Å². The summed E-state index contributed by atoms with van der Waals surface area (Å²) >= 11 is 0. The lowest BCUT2D eigenvalue weighted by atomic mass is 9.97. The van der Waals surface area contributed by atoms with Crippen molar-refractivity contribution in [2.45, 2.75) is 51.0 Å². The van der Waals surface area contributed by atoms with Gasteiger partial charge >= 0.3 is 5.97 Å². The average Bonchev–Trinajstić information content (AvgIpc) is 3.34. The maximum Gasteiger partial charge on any atom is 0.308 e. The second kappa shape index (κ2) is 10.8. The molecule has 6 nitrogen and oxygen atoms in total. The molecule has 0 radical (unpaired) electrons. The number of nitrogens with zero attached hydrogens (tertiary/aromatic N) is 2. The van der Waals surface area contributed by atoms with E-state index in [1.165, 1.54) is 32.8 Å². The van der Waals surface area contributed by atoms with Crippen molar-refractivity contribution in [1.29, 1.82) is 0 Å². The fraction of sp³-hybridized carbons (Fsp3) is 0.684. The van der Waals surface area contributed by atoms with Gasteiger partial charge in [0, 0.05) is 32.1 Å². The van der Waals surface area contributed by atoms with E-state index in [9.17, 15) is 4.79 Å². The van der Waals surface area contributed by atoms with Crippen molar-refractivity contribution in [1.82, 2.24) is 10.2 Å². The van der Waals surface area contributed by atoms with Gasteiger partial charge in [0.15, 0.2) is 5.96 Å². The number of nitrogens with one attached hydrogen (secondary N) is 1. The second-order valence-electron chi connectivity index (χ2n) is 6.94. The first-order chi connectivity index (χ1) is 12.3. The average molecular weight is 475 g/mol. The number of carbonyl (C=O) groups excluding carboxylic acids is 1. The van der Waals surface area contributed by atoms with Crippen molar-refractivity contribution in [2.75, 3.05) is 26.7 Å². The SMILES string of the molecule is COC(=O)C1CCN(C(=NCCc2ccco2)NC2CCCC2)CC1.I. The Hall–Kier alpha value is -1.25. The fourth-order valence-corrected chi connectivity index (χ4v) is 3.71. The topological polar surface area (TPSA) is 67.1 Å². The number of hydrogen-bond acceptors (Lipinski definition) is 4. The maximum atomic E-state index is 11.7. The van der Waals surface area contributed by atoms with Gasteiger partial charge in [0.1, 0.15) is 5.76 Å². The van der Waals surface area contributed by atoms with E-state index in [1.54, 1.807) is 6.26 Å². The molecule has 1 saturated heterocycles. The highest BCUT2D eigenvalue weighted by Gasteiger charge is 2.28. The highest BCUT2D eigenvalue weighted by Crippen LogP contribution is 2.21. The highest BCUT2D eigenvalue weighted by atomic mass is 127. The second-order valence-corrected chi connectivity index (χ2v) is 6.94. The van der Waals surface area contributed by atoms with Crippen LogP contribution in [0.15, 0.2) is 27.8 Å². The van der Waals surface area contributed by atoms with Gasteiger partial charge in [-0.2, -0.15) is 0 Å². The van der Waals surface area contributed by atoms with E-state index in [2.05, 4.69) is 10.2 Å². The number of piperidine rings is 1. The Labute approximate surface area is 172 Å². The molecule has 0 bridgehead atoms. The number of carbonyl (C=O) groups is 1. The summed E-state index contributed by atoms with van der Waals surface area (Å²) in [6.07, 6.45) is 9.19. The summed E-state index contributed by atoms with van der Waals surface area (Å²) in [5.74, 6) is 1.90. The van der Waals surface area contributed by atoms with Gasteiger partial charge in [0.2, 0.25) is 0 Å². The molecule has 3 rings (SSSR count). The third-order valence-electron chi connectivity index (χ3n) is 5.22. The smallest absolute Gasteiger partial charge is 0.308 e. The van der Waals surface area contributed by atoms with Crippen LogP contribution in [0.2, 0.25) is 0 Å². The number of rotatable bonds is 5. The van der Waals surface area contributed by atoms with E-state index < -0.39 is 0 Å². The summed E-state index contributed by atoms with van der Waals surface area (Å²) in [5.41, 5.74) is 0. The quantitative estimate of drug-likeness (QED) is 0.307. The van der Waals surface area contributed by atoms with Gasteiger partial charge in [-0.1, -0.05) is 12.8 Å². The van der Waals surface area contributed by atoms with Crippen LogP contribution in [0.25, 0.3) is 0 Å². The zero-order chi connectivity index (χ0) is 17.5. The fourth-order valence-electron chi connectivity index (χ4n) is 3.71. The van der Waals surface area contributed by atoms with Gasteiger partial charge < -0.3 is 19.4 Å². The third-order valence-corrected chi connectivity index (χ3v) is 5.22. The van der Waals surface area contributed by atoms with Gasteiger partial charge in [-0.05, 0) is 37.8 Å². The van der Waals surface area contributed by atoms with Crippen molar-refractivity contribution in [3.05, 3.63) is 24.2 Å². The van der Waals surface area contributed by atoms with Crippen LogP contribution < -0.4 is 5.32 Å². The first kappa shape index (κ1) is 21.1. The van der Waals surface area contributed by atoms with E-state index >= 15 is 0 Å². The molecule has 26 heavy (non-hydrogen) atoms. The zero-order valence-electron chi connectivity index (χ0n) is 15.5. The van der Waals surface area contributed by atoms with Crippen LogP contribution in [0.3, 0.4) is 0 Å². The Morgan fingerprint density at radius 1 is 1.31 bits per heavy atom. The molecule has 0 amide bonds. The van der Waals surface area contributed by atoms with Gasteiger partial charge in [0.05, 0.1) is 19.3 Å². The molecule has 1 aliphatic carbocycles. The molecule has 1 aromatic rings. The van der Waals surface area contributed by atoms with Crippen molar-refractivity contribution < 1.29 is 13.9 Å². The highest BCUT2D eigenvalue weighted by molar-refractivity contribution is 14.0. The molecule has 0 atom stereocenters. The van der Waals surface area contributed by atoms with Crippen molar-refractivity contribution in [3.63, 3.8) is 0 Å². The van der Waals surface area contributed by atoms with Crippen LogP contribution in [0.5, 0.6) is 0 Å². The van der Waals surface area contributed by atoms with Gasteiger partial charge in [-0.15, -0.1) is 24.0 Å².